The molecule has 0 heterocycles. The largest absolute Gasteiger partial charge is 0.496 e. The number of rotatable bonds is 5. The second-order valence-corrected chi connectivity index (χ2v) is 5.72. The van der Waals surface area contributed by atoms with Crippen LogP contribution in [-0.2, 0) is 6.42 Å². The molecule has 20 heavy (non-hydrogen) atoms. The Kier molecular flexibility index (Phi) is 5.43. The SMILES string of the molecule is COc1cc(Br)ccc1C(Cc1ccccc1Cl)NN. The van der Waals surface area contributed by atoms with Crippen molar-refractivity contribution in [3.63, 3.8) is 0 Å². The molecule has 2 rings (SSSR count). The Morgan fingerprint density at radius 3 is 2.70 bits per heavy atom. The number of nitrogens with one attached hydrogen (secondary N) is 1. The molecule has 0 spiro atoms. The van der Waals surface area contributed by atoms with Gasteiger partial charge in [0.15, 0.2) is 0 Å². The lowest BCUT2D eigenvalue weighted by Gasteiger charge is -2.20. The number of hydrogen-bond acceptors (Lipinski definition) is 3. The van der Waals surface area contributed by atoms with Crippen LogP contribution in [0.2, 0.25) is 5.02 Å². The second-order valence-electron chi connectivity index (χ2n) is 4.40. The Hall–Kier alpha value is -1.07. The maximum Gasteiger partial charge on any atom is 0.124 e. The summed E-state index contributed by atoms with van der Waals surface area (Å²) in [5, 5.41) is 0.740. The van der Waals surface area contributed by atoms with Gasteiger partial charge in [0.05, 0.1) is 13.2 Å². The van der Waals surface area contributed by atoms with E-state index in [9.17, 15) is 0 Å². The van der Waals surface area contributed by atoms with Gasteiger partial charge in [0.25, 0.3) is 0 Å². The van der Waals surface area contributed by atoms with E-state index in [0.29, 0.717) is 6.42 Å². The van der Waals surface area contributed by atoms with Crippen LogP contribution in [0.1, 0.15) is 17.2 Å². The van der Waals surface area contributed by atoms with Gasteiger partial charge >= 0.3 is 0 Å². The van der Waals surface area contributed by atoms with Gasteiger partial charge in [-0.25, -0.2) is 0 Å². The average molecular weight is 356 g/mol. The molecule has 106 valence electrons. The molecule has 0 fully saturated rings. The first-order valence-corrected chi connectivity index (χ1v) is 7.35. The average Bonchev–Trinajstić information content (AvgIpc) is 2.46. The number of hydrazine groups is 1. The molecule has 1 unspecified atom stereocenters. The maximum atomic E-state index is 6.20. The zero-order valence-electron chi connectivity index (χ0n) is 11.1. The summed E-state index contributed by atoms with van der Waals surface area (Å²) in [5.74, 6) is 6.49. The molecule has 3 nitrogen and oxygen atoms in total. The van der Waals surface area contributed by atoms with E-state index in [1.165, 1.54) is 0 Å². The Labute approximate surface area is 132 Å². The number of hydrogen-bond donors (Lipinski definition) is 2. The van der Waals surface area contributed by atoms with Gasteiger partial charge in [0.2, 0.25) is 0 Å². The van der Waals surface area contributed by atoms with Crippen LogP contribution in [0.25, 0.3) is 0 Å². The third-order valence-electron chi connectivity index (χ3n) is 3.15. The number of nitrogens with two attached hydrogens (primary N) is 1. The van der Waals surface area contributed by atoms with Gasteiger partial charge in [-0.2, -0.15) is 0 Å². The first kappa shape index (κ1) is 15.3. The highest BCUT2D eigenvalue weighted by molar-refractivity contribution is 9.10. The van der Waals surface area contributed by atoms with Crippen LogP contribution in [0.5, 0.6) is 5.75 Å². The molecule has 0 saturated carbocycles. The minimum atomic E-state index is -0.0713. The van der Waals surface area contributed by atoms with Crippen LogP contribution < -0.4 is 16.0 Å². The highest BCUT2D eigenvalue weighted by atomic mass is 79.9. The fourth-order valence-corrected chi connectivity index (χ4v) is 2.67. The number of methoxy groups -OCH3 is 1. The Morgan fingerprint density at radius 2 is 2.05 bits per heavy atom. The van der Waals surface area contributed by atoms with Crippen LogP contribution in [0.3, 0.4) is 0 Å². The third kappa shape index (κ3) is 3.52. The Balaban J connectivity index is 2.31. The van der Waals surface area contributed by atoms with Gasteiger partial charge in [-0.15, -0.1) is 0 Å². The molecule has 0 radical (unpaired) electrons. The van der Waals surface area contributed by atoms with Crippen molar-refractivity contribution in [2.45, 2.75) is 12.5 Å². The predicted molar refractivity (Wildman–Crippen MR) is 85.9 cm³/mol. The molecular weight excluding hydrogens is 340 g/mol. The van der Waals surface area contributed by atoms with Crippen molar-refractivity contribution in [3.05, 3.63) is 63.1 Å². The number of ether oxygens (including phenoxy) is 1. The lowest BCUT2D eigenvalue weighted by molar-refractivity contribution is 0.398. The molecule has 0 aliphatic rings. The molecule has 0 aliphatic heterocycles. The van der Waals surface area contributed by atoms with Crippen molar-refractivity contribution in [1.29, 1.82) is 0 Å². The van der Waals surface area contributed by atoms with Gasteiger partial charge in [-0.3, -0.25) is 11.3 Å². The van der Waals surface area contributed by atoms with Crippen molar-refractivity contribution in [2.75, 3.05) is 7.11 Å². The van der Waals surface area contributed by atoms with Crippen molar-refractivity contribution < 1.29 is 4.74 Å². The summed E-state index contributed by atoms with van der Waals surface area (Å²) >= 11 is 9.64. The van der Waals surface area contributed by atoms with Gasteiger partial charge in [0.1, 0.15) is 5.75 Å². The first-order valence-electron chi connectivity index (χ1n) is 6.18. The topological polar surface area (TPSA) is 47.3 Å². The fourth-order valence-electron chi connectivity index (χ4n) is 2.12. The van der Waals surface area contributed by atoms with Crippen molar-refractivity contribution >= 4 is 27.5 Å². The second kappa shape index (κ2) is 7.09. The zero-order valence-corrected chi connectivity index (χ0v) is 13.4. The number of benzene rings is 2. The maximum absolute atomic E-state index is 6.20. The molecule has 1 atom stereocenters. The number of halogens is 2. The van der Waals surface area contributed by atoms with Crippen molar-refractivity contribution in [2.24, 2.45) is 5.84 Å². The molecule has 2 aromatic carbocycles. The van der Waals surface area contributed by atoms with E-state index in [2.05, 4.69) is 21.4 Å². The summed E-state index contributed by atoms with van der Waals surface area (Å²) in [5.41, 5.74) is 4.88. The van der Waals surface area contributed by atoms with Crippen LogP contribution in [0.4, 0.5) is 0 Å². The van der Waals surface area contributed by atoms with E-state index in [0.717, 1.165) is 26.4 Å². The predicted octanol–water partition coefficient (Wildman–Crippen LogP) is 3.86. The van der Waals surface area contributed by atoms with Crippen LogP contribution in [-0.4, -0.2) is 7.11 Å². The summed E-state index contributed by atoms with van der Waals surface area (Å²) in [7, 11) is 1.65. The van der Waals surface area contributed by atoms with Crippen molar-refractivity contribution in [1.82, 2.24) is 5.43 Å². The fraction of sp³-hybridized carbons (Fsp3) is 0.200. The normalized spacial score (nSPS) is 12.2. The Morgan fingerprint density at radius 1 is 1.30 bits per heavy atom. The van der Waals surface area contributed by atoms with E-state index in [4.69, 9.17) is 22.2 Å². The van der Waals surface area contributed by atoms with E-state index in [1.54, 1.807) is 7.11 Å². The highest BCUT2D eigenvalue weighted by Gasteiger charge is 2.16. The molecule has 0 amide bonds. The zero-order chi connectivity index (χ0) is 14.5. The summed E-state index contributed by atoms with van der Waals surface area (Å²) in [4.78, 5) is 0. The first-order chi connectivity index (χ1) is 9.65. The smallest absolute Gasteiger partial charge is 0.124 e. The van der Waals surface area contributed by atoms with Gasteiger partial charge in [-0.05, 0) is 30.2 Å². The van der Waals surface area contributed by atoms with Gasteiger partial charge in [-0.1, -0.05) is 51.8 Å². The molecule has 5 heteroatoms. The van der Waals surface area contributed by atoms with E-state index < -0.39 is 0 Å². The van der Waals surface area contributed by atoms with Crippen LogP contribution in [0, 0.1) is 0 Å². The van der Waals surface area contributed by atoms with E-state index in [1.807, 2.05) is 42.5 Å². The summed E-state index contributed by atoms with van der Waals surface area (Å²) in [6.45, 7) is 0. The summed E-state index contributed by atoms with van der Waals surface area (Å²) in [6.07, 6.45) is 0.689. The molecule has 2 aromatic rings. The minimum absolute atomic E-state index is 0.0713. The standard InChI is InChI=1S/C15H16BrClN2O/c1-20-15-9-11(16)6-7-12(15)14(19-18)8-10-4-2-3-5-13(10)17/h2-7,9,14,19H,8,18H2,1H3. The third-order valence-corrected chi connectivity index (χ3v) is 4.02. The molecule has 3 N–H and O–H groups in total. The molecule has 0 saturated heterocycles. The summed E-state index contributed by atoms with van der Waals surface area (Å²) < 4.78 is 6.38. The minimum Gasteiger partial charge on any atom is -0.496 e. The van der Waals surface area contributed by atoms with Gasteiger partial charge in [0, 0.05) is 15.1 Å². The molecule has 0 aromatic heterocycles. The van der Waals surface area contributed by atoms with E-state index in [-0.39, 0.29) is 6.04 Å². The lowest BCUT2D eigenvalue weighted by Crippen LogP contribution is -2.30. The van der Waals surface area contributed by atoms with Crippen LogP contribution in [0.15, 0.2) is 46.9 Å². The molecular formula is C15H16BrClN2O. The van der Waals surface area contributed by atoms with Gasteiger partial charge < -0.3 is 4.74 Å². The molecule has 0 bridgehead atoms. The monoisotopic (exact) mass is 354 g/mol. The highest BCUT2D eigenvalue weighted by Crippen LogP contribution is 2.31. The van der Waals surface area contributed by atoms with Crippen molar-refractivity contribution in [3.8, 4) is 5.75 Å². The van der Waals surface area contributed by atoms with Crippen LogP contribution >= 0.6 is 27.5 Å². The lowest BCUT2D eigenvalue weighted by atomic mass is 9.98. The van der Waals surface area contributed by atoms with E-state index >= 15 is 0 Å². The quantitative estimate of drug-likeness (QED) is 0.632. The molecule has 0 aliphatic carbocycles. The summed E-state index contributed by atoms with van der Waals surface area (Å²) in [6, 6.07) is 13.6. The Bertz CT molecular complexity index is 592.